The molecule has 90 valence electrons. The molecule has 0 aliphatic rings. The Morgan fingerprint density at radius 2 is 1.88 bits per heavy atom. The number of hydrogen-bond acceptors (Lipinski definition) is 2. The van der Waals surface area contributed by atoms with Crippen molar-refractivity contribution >= 4 is 11.6 Å². The summed E-state index contributed by atoms with van der Waals surface area (Å²) in [5.74, 6) is 1.18. The molecule has 1 aromatic heterocycles. The number of nitrogens with one attached hydrogen (secondary N) is 1. The molecule has 0 aliphatic carbocycles. The maximum Gasteiger partial charge on any atom is 0.123 e. The van der Waals surface area contributed by atoms with Crippen LogP contribution >= 0.6 is 11.6 Å². The smallest absolute Gasteiger partial charge is 0.123 e. The summed E-state index contributed by atoms with van der Waals surface area (Å²) in [5, 5.41) is 0.729. The van der Waals surface area contributed by atoms with E-state index in [1.165, 1.54) is 0 Å². The highest BCUT2D eigenvalue weighted by atomic mass is 35.5. The molecule has 2 rings (SSSR count). The fourth-order valence-electron chi connectivity index (χ4n) is 1.60. The van der Waals surface area contributed by atoms with Crippen LogP contribution in [0.2, 0.25) is 5.02 Å². The van der Waals surface area contributed by atoms with Gasteiger partial charge in [0, 0.05) is 5.02 Å². The van der Waals surface area contributed by atoms with Crippen LogP contribution in [0.15, 0.2) is 30.5 Å². The third-order valence-electron chi connectivity index (χ3n) is 2.78. The lowest BCUT2D eigenvalue weighted by atomic mass is 10.1. The average Bonchev–Trinajstić information content (AvgIpc) is 2.78. The number of hydrogen-bond donors (Lipinski definition) is 2. The van der Waals surface area contributed by atoms with E-state index in [4.69, 9.17) is 17.3 Å². The quantitative estimate of drug-likeness (QED) is 0.876. The second-order valence-electron chi connectivity index (χ2n) is 4.46. The topological polar surface area (TPSA) is 54.7 Å². The van der Waals surface area contributed by atoms with Gasteiger partial charge in [-0.05, 0) is 23.6 Å². The minimum absolute atomic E-state index is 0.0592. The molecule has 2 aromatic rings. The van der Waals surface area contributed by atoms with Crippen molar-refractivity contribution in [3.05, 3.63) is 41.3 Å². The second kappa shape index (κ2) is 4.90. The average molecular weight is 250 g/mol. The third-order valence-corrected chi connectivity index (χ3v) is 3.04. The first kappa shape index (κ1) is 12.1. The van der Waals surface area contributed by atoms with Crippen molar-refractivity contribution in [2.75, 3.05) is 0 Å². The van der Waals surface area contributed by atoms with Gasteiger partial charge in [0.05, 0.1) is 17.9 Å². The first-order chi connectivity index (χ1) is 8.08. The first-order valence-electron chi connectivity index (χ1n) is 5.64. The Hall–Kier alpha value is -1.32. The van der Waals surface area contributed by atoms with Crippen LogP contribution < -0.4 is 5.73 Å². The molecule has 0 saturated carbocycles. The highest BCUT2D eigenvalue weighted by Crippen LogP contribution is 2.22. The molecule has 0 amide bonds. The Morgan fingerprint density at radius 3 is 2.47 bits per heavy atom. The minimum atomic E-state index is -0.0592. The molecule has 4 heteroatoms. The molecule has 0 bridgehead atoms. The molecular formula is C13H16ClN3. The van der Waals surface area contributed by atoms with Crippen LogP contribution in [-0.4, -0.2) is 9.97 Å². The van der Waals surface area contributed by atoms with E-state index in [9.17, 15) is 0 Å². The number of H-pyrrole nitrogens is 1. The number of benzene rings is 1. The summed E-state index contributed by atoms with van der Waals surface area (Å²) in [5.41, 5.74) is 8.06. The van der Waals surface area contributed by atoms with Gasteiger partial charge >= 0.3 is 0 Å². The van der Waals surface area contributed by atoms with Gasteiger partial charge in [0.2, 0.25) is 0 Å². The van der Waals surface area contributed by atoms with Gasteiger partial charge in [0.15, 0.2) is 0 Å². The Morgan fingerprint density at radius 1 is 1.24 bits per heavy atom. The number of rotatable bonds is 3. The van der Waals surface area contributed by atoms with E-state index in [1.807, 2.05) is 24.3 Å². The Balaban J connectivity index is 2.26. The second-order valence-corrected chi connectivity index (χ2v) is 4.90. The number of imidazole rings is 1. The van der Waals surface area contributed by atoms with E-state index in [0.717, 1.165) is 22.1 Å². The molecule has 0 fully saturated rings. The lowest BCUT2D eigenvalue weighted by molar-refractivity contribution is 0.494. The van der Waals surface area contributed by atoms with Gasteiger partial charge in [-0.1, -0.05) is 37.6 Å². The minimum Gasteiger partial charge on any atom is -0.341 e. The van der Waals surface area contributed by atoms with Gasteiger partial charge in [-0.3, -0.25) is 0 Å². The molecule has 1 heterocycles. The van der Waals surface area contributed by atoms with Crippen molar-refractivity contribution in [2.45, 2.75) is 19.9 Å². The fraction of sp³-hybridized carbons (Fsp3) is 0.308. The molecule has 0 saturated heterocycles. The number of aromatic nitrogens is 2. The number of aromatic amines is 1. The van der Waals surface area contributed by atoms with Crippen molar-refractivity contribution in [3.8, 4) is 11.3 Å². The maximum atomic E-state index is 6.04. The van der Waals surface area contributed by atoms with Crippen molar-refractivity contribution in [3.63, 3.8) is 0 Å². The summed E-state index contributed by atoms with van der Waals surface area (Å²) >= 11 is 5.85. The lowest BCUT2D eigenvalue weighted by Gasteiger charge is -2.12. The van der Waals surface area contributed by atoms with Gasteiger partial charge in [-0.25, -0.2) is 4.98 Å². The molecule has 1 aromatic carbocycles. The van der Waals surface area contributed by atoms with Crippen LogP contribution in [0.25, 0.3) is 11.3 Å². The van der Waals surface area contributed by atoms with Crippen LogP contribution in [0.3, 0.4) is 0 Å². The van der Waals surface area contributed by atoms with E-state index < -0.39 is 0 Å². The van der Waals surface area contributed by atoms with Crippen molar-refractivity contribution in [2.24, 2.45) is 11.7 Å². The third kappa shape index (κ3) is 2.68. The number of nitrogens with zero attached hydrogens (tertiary/aromatic N) is 1. The molecule has 0 aliphatic heterocycles. The largest absolute Gasteiger partial charge is 0.341 e. The van der Waals surface area contributed by atoms with E-state index in [-0.39, 0.29) is 6.04 Å². The van der Waals surface area contributed by atoms with E-state index in [0.29, 0.717) is 5.92 Å². The fourth-order valence-corrected chi connectivity index (χ4v) is 1.72. The molecule has 0 spiro atoms. The van der Waals surface area contributed by atoms with Gasteiger partial charge in [-0.2, -0.15) is 0 Å². The SMILES string of the molecule is CC(C)C(N)c1ncc(-c2ccc(Cl)cc2)[nH]1. The van der Waals surface area contributed by atoms with Crippen LogP contribution in [0.5, 0.6) is 0 Å². The van der Waals surface area contributed by atoms with Gasteiger partial charge < -0.3 is 10.7 Å². The standard InChI is InChI=1S/C13H16ClN3/c1-8(2)12(15)13-16-7-11(17-13)9-3-5-10(14)6-4-9/h3-8,12H,15H2,1-2H3,(H,16,17). The van der Waals surface area contributed by atoms with Crippen molar-refractivity contribution in [1.29, 1.82) is 0 Å². The van der Waals surface area contributed by atoms with Gasteiger partial charge in [0.1, 0.15) is 5.82 Å². The maximum absolute atomic E-state index is 6.04. The van der Waals surface area contributed by atoms with Crippen LogP contribution in [0.1, 0.15) is 25.7 Å². The van der Waals surface area contributed by atoms with Crippen LogP contribution in [-0.2, 0) is 0 Å². The van der Waals surface area contributed by atoms with Crippen LogP contribution in [0, 0.1) is 5.92 Å². The normalized spacial score (nSPS) is 13.0. The Labute approximate surface area is 106 Å². The predicted octanol–water partition coefficient (Wildman–Crippen LogP) is 3.39. The molecule has 3 N–H and O–H groups in total. The number of halogens is 1. The summed E-state index contributed by atoms with van der Waals surface area (Å²) in [6.07, 6.45) is 1.81. The zero-order valence-electron chi connectivity index (χ0n) is 9.94. The highest BCUT2D eigenvalue weighted by Gasteiger charge is 2.14. The van der Waals surface area contributed by atoms with E-state index in [1.54, 1.807) is 6.20 Å². The predicted molar refractivity (Wildman–Crippen MR) is 70.8 cm³/mol. The summed E-state index contributed by atoms with van der Waals surface area (Å²) in [7, 11) is 0. The van der Waals surface area contributed by atoms with Crippen molar-refractivity contribution in [1.82, 2.24) is 9.97 Å². The van der Waals surface area contributed by atoms with Crippen molar-refractivity contribution < 1.29 is 0 Å². The molecule has 17 heavy (non-hydrogen) atoms. The first-order valence-corrected chi connectivity index (χ1v) is 6.02. The molecule has 0 radical (unpaired) electrons. The summed E-state index contributed by atoms with van der Waals surface area (Å²) in [6.45, 7) is 4.16. The highest BCUT2D eigenvalue weighted by molar-refractivity contribution is 6.30. The zero-order chi connectivity index (χ0) is 12.4. The van der Waals surface area contributed by atoms with E-state index >= 15 is 0 Å². The lowest BCUT2D eigenvalue weighted by Crippen LogP contribution is -2.18. The molecule has 1 unspecified atom stereocenters. The molecule has 1 atom stereocenters. The number of nitrogens with two attached hydrogens (primary N) is 1. The summed E-state index contributed by atoms with van der Waals surface area (Å²) in [6, 6.07) is 7.58. The summed E-state index contributed by atoms with van der Waals surface area (Å²) < 4.78 is 0. The summed E-state index contributed by atoms with van der Waals surface area (Å²) in [4.78, 5) is 7.57. The Bertz CT molecular complexity index is 488. The molecular weight excluding hydrogens is 234 g/mol. The molecule has 3 nitrogen and oxygen atoms in total. The zero-order valence-corrected chi connectivity index (χ0v) is 10.7. The monoisotopic (exact) mass is 249 g/mol. The van der Waals surface area contributed by atoms with Gasteiger partial charge in [-0.15, -0.1) is 0 Å². The van der Waals surface area contributed by atoms with Crippen LogP contribution in [0.4, 0.5) is 0 Å². The Kier molecular flexibility index (Phi) is 3.50. The van der Waals surface area contributed by atoms with E-state index in [2.05, 4.69) is 23.8 Å². The van der Waals surface area contributed by atoms with Gasteiger partial charge in [0.25, 0.3) is 0 Å².